The van der Waals surface area contributed by atoms with Crippen LogP contribution in [0.1, 0.15) is 5.56 Å². The molecule has 0 radical (unpaired) electrons. The Labute approximate surface area is 140 Å². The van der Waals surface area contributed by atoms with Gasteiger partial charge >= 0.3 is 0 Å². The third-order valence-electron chi connectivity index (χ3n) is 3.06. The Morgan fingerprint density at radius 3 is 2.59 bits per heavy atom. The van der Waals surface area contributed by atoms with Gasteiger partial charge in [0.05, 0.1) is 12.1 Å². The Morgan fingerprint density at radius 1 is 1.14 bits per heavy atom. The van der Waals surface area contributed by atoms with Crippen LogP contribution in [0.5, 0.6) is 5.75 Å². The molecule has 0 bridgehead atoms. The van der Waals surface area contributed by atoms with Gasteiger partial charge in [-0.3, -0.25) is 0 Å². The first-order chi connectivity index (χ1) is 10.4. The van der Waals surface area contributed by atoms with Crippen LogP contribution >= 0.6 is 23.2 Å². The number of para-hydroxylation sites is 1. The molecule has 0 aromatic heterocycles. The van der Waals surface area contributed by atoms with Crippen LogP contribution in [0.25, 0.3) is 0 Å². The molecular formula is C15H15Cl2NO3S. The van der Waals surface area contributed by atoms with E-state index in [0.29, 0.717) is 11.4 Å². The molecule has 22 heavy (non-hydrogen) atoms. The molecule has 7 heteroatoms. The van der Waals surface area contributed by atoms with Crippen LogP contribution in [0.2, 0.25) is 10.0 Å². The lowest BCUT2D eigenvalue weighted by Crippen LogP contribution is -2.26. The molecule has 0 heterocycles. The van der Waals surface area contributed by atoms with E-state index in [2.05, 4.69) is 4.72 Å². The van der Waals surface area contributed by atoms with Gasteiger partial charge in [0.15, 0.2) is 0 Å². The van der Waals surface area contributed by atoms with Gasteiger partial charge in [-0.25, -0.2) is 13.1 Å². The summed E-state index contributed by atoms with van der Waals surface area (Å²) in [7, 11) is -2.13. The van der Waals surface area contributed by atoms with E-state index in [0.717, 1.165) is 11.3 Å². The predicted octanol–water partition coefficient (Wildman–Crippen LogP) is 3.52. The van der Waals surface area contributed by atoms with E-state index in [1.165, 1.54) is 18.2 Å². The molecule has 118 valence electrons. The summed E-state index contributed by atoms with van der Waals surface area (Å²) in [5.74, 6) is 0.725. The summed E-state index contributed by atoms with van der Waals surface area (Å²) >= 11 is 11.8. The maximum atomic E-state index is 12.3. The summed E-state index contributed by atoms with van der Waals surface area (Å²) in [4.78, 5) is -0.0262. The van der Waals surface area contributed by atoms with Gasteiger partial charge in [-0.05, 0) is 36.2 Å². The molecule has 0 unspecified atom stereocenters. The number of rotatable bonds is 6. The average molecular weight is 360 g/mol. The summed E-state index contributed by atoms with van der Waals surface area (Å²) < 4.78 is 32.3. The number of halogens is 2. The van der Waals surface area contributed by atoms with Gasteiger partial charge in [-0.2, -0.15) is 0 Å². The van der Waals surface area contributed by atoms with E-state index in [9.17, 15) is 8.42 Å². The molecule has 2 aromatic rings. The number of ether oxygens (including phenoxy) is 1. The zero-order valence-electron chi connectivity index (χ0n) is 11.8. The Morgan fingerprint density at radius 2 is 1.86 bits per heavy atom. The van der Waals surface area contributed by atoms with E-state index in [-0.39, 0.29) is 16.5 Å². The lowest BCUT2D eigenvalue weighted by atomic mass is 10.1. The third-order valence-corrected chi connectivity index (χ3v) is 5.24. The van der Waals surface area contributed by atoms with Crippen LogP contribution < -0.4 is 9.46 Å². The minimum atomic E-state index is -3.71. The first-order valence-electron chi connectivity index (χ1n) is 6.50. The highest BCUT2D eigenvalue weighted by Crippen LogP contribution is 2.25. The van der Waals surface area contributed by atoms with E-state index in [1.807, 2.05) is 24.3 Å². The maximum Gasteiger partial charge on any atom is 0.242 e. The molecule has 0 saturated carbocycles. The fraction of sp³-hybridized carbons (Fsp3) is 0.200. The zero-order valence-corrected chi connectivity index (χ0v) is 14.2. The first-order valence-corrected chi connectivity index (χ1v) is 8.74. The quantitative estimate of drug-likeness (QED) is 0.858. The van der Waals surface area contributed by atoms with Gasteiger partial charge in [0.1, 0.15) is 10.6 Å². The molecule has 4 nitrogen and oxygen atoms in total. The fourth-order valence-electron chi connectivity index (χ4n) is 1.99. The van der Waals surface area contributed by atoms with E-state index in [1.54, 1.807) is 7.11 Å². The molecule has 2 aromatic carbocycles. The molecule has 0 fully saturated rings. The van der Waals surface area contributed by atoms with Crippen molar-refractivity contribution in [2.75, 3.05) is 13.7 Å². The second-order valence-corrected chi connectivity index (χ2v) is 7.11. The topological polar surface area (TPSA) is 55.4 Å². The monoisotopic (exact) mass is 359 g/mol. The standard InChI is InChI=1S/C15H15Cl2NO3S/c1-21-14-5-3-2-4-11(14)8-9-18-22(19,20)15-10-12(16)6-7-13(15)17/h2-7,10,18H,8-9H2,1H3. The van der Waals surface area contributed by atoms with E-state index < -0.39 is 10.0 Å². The van der Waals surface area contributed by atoms with Gasteiger partial charge in [0.2, 0.25) is 10.0 Å². The number of sulfonamides is 1. The van der Waals surface area contributed by atoms with Crippen molar-refractivity contribution in [3.05, 3.63) is 58.1 Å². The van der Waals surface area contributed by atoms with Crippen molar-refractivity contribution >= 4 is 33.2 Å². The summed E-state index contributed by atoms with van der Waals surface area (Å²) in [6.45, 7) is 0.228. The molecule has 0 aliphatic rings. The number of hydrogen-bond acceptors (Lipinski definition) is 3. The molecule has 2 rings (SSSR count). The van der Waals surface area contributed by atoms with Crippen LogP contribution in [-0.4, -0.2) is 22.1 Å². The molecule has 0 aliphatic heterocycles. The van der Waals surface area contributed by atoms with Crippen LogP contribution in [0.3, 0.4) is 0 Å². The molecule has 0 aliphatic carbocycles. The molecule has 0 spiro atoms. The zero-order chi connectivity index (χ0) is 16.2. The average Bonchev–Trinajstić information content (AvgIpc) is 2.50. The van der Waals surface area contributed by atoms with Crippen LogP contribution in [0, 0.1) is 0 Å². The number of methoxy groups -OCH3 is 1. The number of nitrogens with one attached hydrogen (secondary N) is 1. The van der Waals surface area contributed by atoms with Gasteiger partial charge in [0, 0.05) is 11.6 Å². The van der Waals surface area contributed by atoms with E-state index in [4.69, 9.17) is 27.9 Å². The first kappa shape index (κ1) is 17.1. The second kappa shape index (κ2) is 7.33. The van der Waals surface area contributed by atoms with Crippen molar-refractivity contribution in [2.24, 2.45) is 0 Å². The normalized spacial score (nSPS) is 11.4. The van der Waals surface area contributed by atoms with Crippen molar-refractivity contribution in [3.63, 3.8) is 0 Å². The van der Waals surface area contributed by atoms with Gasteiger partial charge in [-0.1, -0.05) is 41.4 Å². The Kier molecular flexibility index (Phi) is 5.69. The van der Waals surface area contributed by atoms with Crippen molar-refractivity contribution in [3.8, 4) is 5.75 Å². The minimum Gasteiger partial charge on any atom is -0.496 e. The highest BCUT2D eigenvalue weighted by molar-refractivity contribution is 7.89. The number of benzene rings is 2. The third kappa shape index (κ3) is 4.14. The summed E-state index contributed by atoms with van der Waals surface area (Å²) in [5.41, 5.74) is 0.921. The molecule has 0 saturated heterocycles. The molecule has 0 amide bonds. The Hall–Kier alpha value is -1.27. The second-order valence-electron chi connectivity index (χ2n) is 4.53. The smallest absolute Gasteiger partial charge is 0.242 e. The van der Waals surface area contributed by atoms with Crippen LogP contribution in [-0.2, 0) is 16.4 Å². The Bertz CT molecular complexity index is 763. The molecule has 1 N–H and O–H groups in total. The van der Waals surface area contributed by atoms with Crippen molar-refractivity contribution in [1.29, 1.82) is 0 Å². The van der Waals surface area contributed by atoms with Gasteiger partial charge in [0.25, 0.3) is 0 Å². The summed E-state index contributed by atoms with van der Waals surface area (Å²) in [5, 5.41) is 0.448. The lowest BCUT2D eigenvalue weighted by molar-refractivity contribution is 0.409. The maximum absolute atomic E-state index is 12.3. The highest BCUT2D eigenvalue weighted by atomic mass is 35.5. The predicted molar refractivity (Wildman–Crippen MR) is 88.3 cm³/mol. The summed E-state index contributed by atoms with van der Waals surface area (Å²) in [6.07, 6.45) is 0.501. The lowest BCUT2D eigenvalue weighted by Gasteiger charge is -2.10. The fourth-order valence-corrected chi connectivity index (χ4v) is 3.78. The van der Waals surface area contributed by atoms with Crippen molar-refractivity contribution < 1.29 is 13.2 Å². The highest BCUT2D eigenvalue weighted by Gasteiger charge is 2.18. The van der Waals surface area contributed by atoms with Crippen LogP contribution in [0.4, 0.5) is 0 Å². The SMILES string of the molecule is COc1ccccc1CCNS(=O)(=O)c1cc(Cl)ccc1Cl. The summed E-state index contributed by atoms with van der Waals surface area (Å²) in [6, 6.07) is 11.8. The van der Waals surface area contributed by atoms with Gasteiger partial charge < -0.3 is 4.74 Å². The van der Waals surface area contributed by atoms with Gasteiger partial charge in [-0.15, -0.1) is 0 Å². The van der Waals surface area contributed by atoms with Crippen molar-refractivity contribution in [1.82, 2.24) is 4.72 Å². The van der Waals surface area contributed by atoms with Crippen LogP contribution in [0.15, 0.2) is 47.4 Å². The minimum absolute atomic E-state index is 0.0262. The Balaban J connectivity index is 2.09. The largest absolute Gasteiger partial charge is 0.496 e. The molecule has 0 atom stereocenters. The molecular weight excluding hydrogens is 345 g/mol. The van der Waals surface area contributed by atoms with Crippen molar-refractivity contribution in [2.45, 2.75) is 11.3 Å². The number of hydrogen-bond donors (Lipinski definition) is 1. The van der Waals surface area contributed by atoms with E-state index >= 15 is 0 Å².